The molecule has 14 heavy (non-hydrogen) atoms. The molecule has 3 heteroatoms. The molecule has 0 aromatic carbocycles. The van der Waals surface area contributed by atoms with Crippen LogP contribution >= 0.6 is 23.5 Å². The van der Waals surface area contributed by atoms with Crippen LogP contribution in [0.4, 0.5) is 0 Å². The Balaban J connectivity index is 2.20. The lowest BCUT2D eigenvalue weighted by Gasteiger charge is -2.44. The van der Waals surface area contributed by atoms with Gasteiger partial charge in [0.15, 0.2) is 0 Å². The molecule has 1 aliphatic carbocycles. The van der Waals surface area contributed by atoms with Crippen LogP contribution in [0.3, 0.4) is 0 Å². The maximum absolute atomic E-state index is 10.7. The highest BCUT2D eigenvalue weighted by molar-refractivity contribution is 8.19. The van der Waals surface area contributed by atoms with E-state index in [1.165, 1.54) is 30.8 Å². The molecular formula is C11H18OS2. The van der Waals surface area contributed by atoms with Gasteiger partial charge in [0, 0.05) is 0 Å². The second-order valence-corrected chi connectivity index (χ2v) is 7.10. The first-order chi connectivity index (χ1) is 6.72. The van der Waals surface area contributed by atoms with Gasteiger partial charge in [-0.1, -0.05) is 18.9 Å². The number of thioether (sulfide) groups is 2. The van der Waals surface area contributed by atoms with Gasteiger partial charge in [-0.3, -0.25) is 0 Å². The summed E-state index contributed by atoms with van der Waals surface area (Å²) in [7, 11) is 0. The zero-order valence-electron chi connectivity index (χ0n) is 8.50. The van der Waals surface area contributed by atoms with Crippen LogP contribution in [-0.4, -0.2) is 26.3 Å². The van der Waals surface area contributed by atoms with E-state index in [4.69, 9.17) is 0 Å². The lowest BCUT2D eigenvalue weighted by Crippen LogP contribution is -2.47. The van der Waals surface area contributed by atoms with E-state index >= 15 is 0 Å². The third-order valence-electron chi connectivity index (χ3n) is 3.27. The fraction of sp³-hybridized carbons (Fsp3) is 0.818. The molecule has 0 atom stereocenters. The Morgan fingerprint density at radius 1 is 1.07 bits per heavy atom. The molecule has 1 heterocycles. The van der Waals surface area contributed by atoms with Gasteiger partial charge < -0.3 is 5.11 Å². The van der Waals surface area contributed by atoms with E-state index in [0.29, 0.717) is 0 Å². The summed E-state index contributed by atoms with van der Waals surface area (Å²) in [6.07, 6.45) is 7.52. The Morgan fingerprint density at radius 2 is 1.64 bits per heavy atom. The molecule has 2 rings (SSSR count). The highest BCUT2D eigenvalue weighted by Crippen LogP contribution is 2.55. The van der Waals surface area contributed by atoms with Crippen molar-refractivity contribution < 1.29 is 5.11 Å². The molecular weight excluding hydrogens is 212 g/mol. The minimum Gasteiger partial charge on any atom is -0.387 e. The first-order valence-corrected chi connectivity index (χ1v) is 7.33. The third-order valence-corrected chi connectivity index (χ3v) is 6.91. The summed E-state index contributed by atoms with van der Waals surface area (Å²) in [6.45, 7) is 3.94. The summed E-state index contributed by atoms with van der Waals surface area (Å²) < 4.78 is -0.109. The SMILES string of the molecule is C=CC1(C2(O)CCCC2)SCCCS1. The van der Waals surface area contributed by atoms with E-state index in [1.807, 2.05) is 29.6 Å². The summed E-state index contributed by atoms with van der Waals surface area (Å²) in [5.41, 5.74) is -0.482. The molecule has 0 unspecified atom stereocenters. The molecule has 80 valence electrons. The molecule has 0 aromatic heterocycles. The zero-order valence-corrected chi connectivity index (χ0v) is 10.1. The highest BCUT2D eigenvalue weighted by atomic mass is 32.2. The third kappa shape index (κ3) is 1.63. The van der Waals surface area contributed by atoms with Crippen molar-refractivity contribution in [1.29, 1.82) is 0 Å². The minimum atomic E-state index is -0.482. The molecule has 0 amide bonds. The van der Waals surface area contributed by atoms with E-state index in [9.17, 15) is 5.11 Å². The van der Waals surface area contributed by atoms with Crippen LogP contribution in [0, 0.1) is 0 Å². The van der Waals surface area contributed by atoms with Crippen LogP contribution in [0.5, 0.6) is 0 Å². The number of hydrogen-bond donors (Lipinski definition) is 1. The fourth-order valence-corrected chi connectivity index (χ4v) is 5.81. The van der Waals surface area contributed by atoms with Crippen molar-refractivity contribution >= 4 is 23.5 Å². The highest BCUT2D eigenvalue weighted by Gasteiger charge is 2.51. The largest absolute Gasteiger partial charge is 0.387 e. The predicted molar refractivity (Wildman–Crippen MR) is 65.9 cm³/mol. The van der Waals surface area contributed by atoms with E-state index in [-0.39, 0.29) is 4.08 Å². The van der Waals surface area contributed by atoms with Crippen molar-refractivity contribution in [2.45, 2.75) is 41.8 Å². The van der Waals surface area contributed by atoms with Crippen LogP contribution in [-0.2, 0) is 0 Å². The molecule has 0 aromatic rings. The predicted octanol–water partition coefficient (Wildman–Crippen LogP) is 3.04. The monoisotopic (exact) mass is 230 g/mol. The van der Waals surface area contributed by atoms with Gasteiger partial charge in [0.2, 0.25) is 0 Å². The number of rotatable bonds is 2. The summed E-state index contributed by atoms with van der Waals surface area (Å²) in [4.78, 5) is 0. The molecule has 1 N–H and O–H groups in total. The standard InChI is InChI=1S/C11H18OS2/c1-2-11(13-8-5-9-14-11)10(12)6-3-4-7-10/h2,12H,1,3-9H2. The molecule has 0 spiro atoms. The molecule has 1 aliphatic heterocycles. The van der Waals surface area contributed by atoms with Gasteiger partial charge in [-0.05, 0) is 30.8 Å². The van der Waals surface area contributed by atoms with Crippen molar-refractivity contribution in [3.05, 3.63) is 12.7 Å². The quantitative estimate of drug-likeness (QED) is 0.736. The summed E-state index contributed by atoms with van der Waals surface area (Å²) in [5.74, 6) is 2.34. The van der Waals surface area contributed by atoms with Gasteiger partial charge in [-0.2, -0.15) is 0 Å². The van der Waals surface area contributed by atoms with Crippen LogP contribution in [0.1, 0.15) is 32.1 Å². The fourth-order valence-electron chi connectivity index (χ4n) is 2.43. The second-order valence-electron chi connectivity index (χ2n) is 4.16. The van der Waals surface area contributed by atoms with Gasteiger partial charge in [0.25, 0.3) is 0 Å². The van der Waals surface area contributed by atoms with Crippen LogP contribution in [0.25, 0.3) is 0 Å². The van der Waals surface area contributed by atoms with Crippen molar-refractivity contribution in [1.82, 2.24) is 0 Å². The Labute approximate surface area is 94.7 Å². The molecule has 1 nitrogen and oxygen atoms in total. The number of hydrogen-bond acceptors (Lipinski definition) is 3. The van der Waals surface area contributed by atoms with Gasteiger partial charge in [0.1, 0.15) is 4.08 Å². The lowest BCUT2D eigenvalue weighted by molar-refractivity contribution is 0.0473. The molecule has 1 saturated carbocycles. The first kappa shape index (κ1) is 10.9. The van der Waals surface area contributed by atoms with Gasteiger partial charge >= 0.3 is 0 Å². The molecule has 0 radical (unpaired) electrons. The van der Waals surface area contributed by atoms with Crippen LogP contribution in [0.2, 0.25) is 0 Å². The van der Waals surface area contributed by atoms with E-state index in [2.05, 4.69) is 6.58 Å². The zero-order chi connectivity index (χ0) is 10.1. The van der Waals surface area contributed by atoms with Crippen molar-refractivity contribution in [3.63, 3.8) is 0 Å². The minimum absolute atomic E-state index is 0.109. The Morgan fingerprint density at radius 3 is 2.14 bits per heavy atom. The maximum atomic E-state index is 10.7. The van der Waals surface area contributed by atoms with Gasteiger partial charge in [-0.25, -0.2) is 0 Å². The van der Waals surface area contributed by atoms with E-state index in [0.717, 1.165) is 12.8 Å². The smallest absolute Gasteiger partial charge is 0.108 e. The Kier molecular flexibility index (Phi) is 3.20. The molecule has 1 saturated heterocycles. The summed E-state index contributed by atoms with van der Waals surface area (Å²) in [6, 6.07) is 0. The Hall–Kier alpha value is 0.400. The van der Waals surface area contributed by atoms with Gasteiger partial charge in [0.05, 0.1) is 5.60 Å². The van der Waals surface area contributed by atoms with E-state index in [1.54, 1.807) is 0 Å². The summed E-state index contributed by atoms with van der Waals surface area (Å²) >= 11 is 3.80. The lowest BCUT2D eigenvalue weighted by atomic mass is 9.97. The van der Waals surface area contributed by atoms with Crippen molar-refractivity contribution in [3.8, 4) is 0 Å². The summed E-state index contributed by atoms with van der Waals surface area (Å²) in [5, 5.41) is 10.7. The van der Waals surface area contributed by atoms with Gasteiger partial charge in [-0.15, -0.1) is 30.1 Å². The number of aliphatic hydroxyl groups is 1. The molecule has 0 bridgehead atoms. The average Bonchev–Trinajstić information content (AvgIpc) is 2.68. The van der Waals surface area contributed by atoms with Crippen LogP contribution in [0.15, 0.2) is 12.7 Å². The van der Waals surface area contributed by atoms with Crippen LogP contribution < -0.4 is 0 Å². The van der Waals surface area contributed by atoms with E-state index < -0.39 is 5.60 Å². The maximum Gasteiger partial charge on any atom is 0.108 e. The topological polar surface area (TPSA) is 20.2 Å². The molecule has 2 aliphatic rings. The molecule has 2 fully saturated rings. The second kappa shape index (κ2) is 4.11. The van der Waals surface area contributed by atoms with Crippen molar-refractivity contribution in [2.75, 3.05) is 11.5 Å². The average molecular weight is 230 g/mol. The normalized spacial score (nSPS) is 30.1. The van der Waals surface area contributed by atoms with Crippen molar-refractivity contribution in [2.24, 2.45) is 0 Å². The Bertz CT molecular complexity index is 215. The first-order valence-electron chi connectivity index (χ1n) is 5.36.